The smallest absolute Gasteiger partial charge is 0.210 e. The molecule has 1 heterocycles. The summed E-state index contributed by atoms with van der Waals surface area (Å²) in [7, 11) is 0. The van der Waals surface area contributed by atoms with Gasteiger partial charge in [-0.15, -0.1) is 0 Å². The first-order valence-corrected chi connectivity index (χ1v) is 6.55. The molecule has 1 radical (unpaired) electrons. The van der Waals surface area contributed by atoms with Crippen molar-refractivity contribution in [2.45, 2.75) is 50.4 Å². The van der Waals surface area contributed by atoms with Gasteiger partial charge in [-0.05, 0) is 31.4 Å². The normalized spacial score (nSPS) is 27.0. The number of ether oxygens (including phenoxy) is 2. The molecule has 2 nitrogen and oxygen atoms in total. The van der Waals surface area contributed by atoms with Crippen LogP contribution in [0.5, 0.6) is 5.75 Å². The molecular weight excluding hydrogens is 212 g/mol. The fourth-order valence-electron chi connectivity index (χ4n) is 2.90. The lowest BCUT2D eigenvalue weighted by Gasteiger charge is -2.37. The lowest BCUT2D eigenvalue weighted by molar-refractivity contribution is -0.212. The van der Waals surface area contributed by atoms with E-state index < -0.39 is 5.79 Å². The molecule has 0 bridgehead atoms. The highest BCUT2D eigenvalue weighted by Gasteiger charge is 2.39. The van der Waals surface area contributed by atoms with E-state index in [1.807, 2.05) is 18.2 Å². The van der Waals surface area contributed by atoms with Gasteiger partial charge in [-0.25, -0.2) is 0 Å². The van der Waals surface area contributed by atoms with E-state index >= 15 is 0 Å². The van der Waals surface area contributed by atoms with Gasteiger partial charge in [0.2, 0.25) is 5.79 Å². The first kappa shape index (κ1) is 11.1. The largest absolute Gasteiger partial charge is 0.462 e. The molecule has 0 N–H and O–H groups in total. The molecule has 1 atom stereocenters. The van der Waals surface area contributed by atoms with Crippen LogP contribution in [0.25, 0.3) is 0 Å². The van der Waals surface area contributed by atoms with Gasteiger partial charge in [0, 0.05) is 19.3 Å². The molecule has 1 unspecified atom stereocenters. The number of rotatable bonds is 0. The van der Waals surface area contributed by atoms with Crippen molar-refractivity contribution in [1.29, 1.82) is 0 Å². The summed E-state index contributed by atoms with van der Waals surface area (Å²) < 4.78 is 12.3. The SMILES string of the molecule is [CH2]C1Cc2ccccc2OC2(CCCCC2)O1. The molecule has 2 aliphatic rings. The fraction of sp³-hybridized carbons (Fsp3) is 0.533. The van der Waals surface area contributed by atoms with Crippen molar-refractivity contribution in [2.75, 3.05) is 0 Å². The molecule has 1 aliphatic carbocycles. The Hall–Kier alpha value is -1.02. The Balaban J connectivity index is 1.93. The predicted octanol–water partition coefficient (Wildman–Crippen LogP) is 3.50. The van der Waals surface area contributed by atoms with E-state index in [4.69, 9.17) is 9.47 Å². The molecule has 1 aromatic carbocycles. The van der Waals surface area contributed by atoms with E-state index in [1.165, 1.54) is 24.8 Å². The van der Waals surface area contributed by atoms with Crippen molar-refractivity contribution in [3.05, 3.63) is 36.8 Å². The molecule has 2 heteroatoms. The Labute approximate surface area is 103 Å². The molecule has 1 aromatic rings. The van der Waals surface area contributed by atoms with Crippen LogP contribution in [-0.4, -0.2) is 11.9 Å². The number of fused-ring (bicyclic) bond motifs is 1. The number of hydrogen-bond acceptors (Lipinski definition) is 2. The van der Waals surface area contributed by atoms with Crippen LogP contribution in [-0.2, 0) is 11.2 Å². The molecule has 1 spiro atoms. The zero-order valence-corrected chi connectivity index (χ0v) is 10.2. The average Bonchev–Trinajstić information content (AvgIpc) is 2.45. The highest BCUT2D eigenvalue weighted by Crippen LogP contribution is 2.39. The molecule has 91 valence electrons. The number of hydrogen-bond donors (Lipinski definition) is 0. The second-order valence-corrected chi connectivity index (χ2v) is 5.13. The third-order valence-corrected chi connectivity index (χ3v) is 3.71. The van der Waals surface area contributed by atoms with Crippen LogP contribution in [0, 0.1) is 6.92 Å². The quantitative estimate of drug-likeness (QED) is 0.680. The zero-order chi connectivity index (χ0) is 11.7. The number of benzene rings is 1. The van der Waals surface area contributed by atoms with Crippen molar-refractivity contribution in [3.63, 3.8) is 0 Å². The van der Waals surface area contributed by atoms with Crippen molar-refractivity contribution >= 4 is 0 Å². The van der Waals surface area contributed by atoms with Crippen LogP contribution in [0.3, 0.4) is 0 Å². The Morgan fingerprint density at radius 3 is 2.71 bits per heavy atom. The topological polar surface area (TPSA) is 18.5 Å². The molecule has 0 amide bonds. The first-order chi connectivity index (χ1) is 8.27. The zero-order valence-electron chi connectivity index (χ0n) is 10.2. The molecule has 0 aromatic heterocycles. The van der Waals surface area contributed by atoms with Crippen LogP contribution >= 0.6 is 0 Å². The van der Waals surface area contributed by atoms with E-state index in [0.29, 0.717) is 0 Å². The molecule has 17 heavy (non-hydrogen) atoms. The second-order valence-electron chi connectivity index (χ2n) is 5.13. The Morgan fingerprint density at radius 2 is 1.88 bits per heavy atom. The van der Waals surface area contributed by atoms with E-state index in [1.54, 1.807) is 0 Å². The van der Waals surface area contributed by atoms with Crippen LogP contribution in [0.2, 0.25) is 0 Å². The van der Waals surface area contributed by atoms with Crippen molar-refractivity contribution < 1.29 is 9.47 Å². The third kappa shape index (κ3) is 2.19. The Morgan fingerprint density at radius 1 is 1.12 bits per heavy atom. The van der Waals surface area contributed by atoms with Gasteiger partial charge in [0.1, 0.15) is 5.75 Å². The van der Waals surface area contributed by atoms with E-state index in [-0.39, 0.29) is 6.10 Å². The summed E-state index contributed by atoms with van der Waals surface area (Å²) in [5, 5.41) is 0. The summed E-state index contributed by atoms with van der Waals surface area (Å²) in [5.41, 5.74) is 1.22. The summed E-state index contributed by atoms with van der Waals surface area (Å²) in [6, 6.07) is 8.23. The van der Waals surface area contributed by atoms with Crippen LogP contribution in [0.1, 0.15) is 37.7 Å². The minimum atomic E-state index is -0.405. The molecular formula is C15H19O2. The second kappa shape index (κ2) is 4.34. The van der Waals surface area contributed by atoms with Gasteiger partial charge in [-0.1, -0.05) is 24.6 Å². The lowest BCUT2D eigenvalue weighted by atomic mass is 9.94. The van der Waals surface area contributed by atoms with Crippen molar-refractivity contribution in [2.24, 2.45) is 0 Å². The van der Waals surface area contributed by atoms with Crippen LogP contribution in [0.15, 0.2) is 24.3 Å². The summed E-state index contributed by atoms with van der Waals surface area (Å²) in [6.45, 7) is 4.10. The molecule has 1 aliphatic heterocycles. The standard InChI is InChI=1S/C15H19O2/c1-12-11-13-7-3-4-8-14(13)17-15(16-12)9-5-2-6-10-15/h3-4,7-8,12H,1-2,5-6,9-11H2. The van der Waals surface area contributed by atoms with Crippen LogP contribution < -0.4 is 4.74 Å². The maximum Gasteiger partial charge on any atom is 0.210 e. The van der Waals surface area contributed by atoms with Crippen LogP contribution in [0.4, 0.5) is 0 Å². The summed E-state index contributed by atoms with van der Waals surface area (Å²) in [5.74, 6) is 0.581. The highest BCUT2D eigenvalue weighted by molar-refractivity contribution is 5.35. The van der Waals surface area contributed by atoms with E-state index in [9.17, 15) is 0 Å². The Kier molecular flexibility index (Phi) is 2.83. The van der Waals surface area contributed by atoms with Gasteiger partial charge < -0.3 is 9.47 Å². The van der Waals surface area contributed by atoms with Gasteiger partial charge in [0.05, 0.1) is 6.10 Å². The van der Waals surface area contributed by atoms with Gasteiger partial charge >= 0.3 is 0 Å². The molecule has 1 fully saturated rings. The monoisotopic (exact) mass is 231 g/mol. The Bertz CT molecular complexity index is 394. The fourth-order valence-corrected chi connectivity index (χ4v) is 2.90. The summed E-state index contributed by atoms with van der Waals surface area (Å²) >= 11 is 0. The van der Waals surface area contributed by atoms with Gasteiger partial charge in [0.15, 0.2) is 0 Å². The summed E-state index contributed by atoms with van der Waals surface area (Å²) in [6.07, 6.45) is 6.50. The minimum absolute atomic E-state index is 0.00301. The van der Waals surface area contributed by atoms with E-state index in [2.05, 4.69) is 13.0 Å². The van der Waals surface area contributed by atoms with Gasteiger partial charge in [-0.3, -0.25) is 0 Å². The average molecular weight is 231 g/mol. The third-order valence-electron chi connectivity index (χ3n) is 3.71. The summed E-state index contributed by atoms with van der Waals surface area (Å²) in [4.78, 5) is 0. The van der Waals surface area contributed by atoms with Crippen molar-refractivity contribution in [3.8, 4) is 5.75 Å². The van der Waals surface area contributed by atoms with Gasteiger partial charge in [0.25, 0.3) is 0 Å². The molecule has 3 rings (SSSR count). The minimum Gasteiger partial charge on any atom is -0.462 e. The van der Waals surface area contributed by atoms with Gasteiger partial charge in [-0.2, -0.15) is 0 Å². The van der Waals surface area contributed by atoms with Crippen molar-refractivity contribution in [1.82, 2.24) is 0 Å². The van der Waals surface area contributed by atoms with E-state index in [0.717, 1.165) is 25.0 Å². The predicted molar refractivity (Wildman–Crippen MR) is 66.8 cm³/mol. The highest BCUT2D eigenvalue weighted by atomic mass is 16.7. The number of para-hydroxylation sites is 1. The first-order valence-electron chi connectivity index (χ1n) is 6.55. The molecule has 0 saturated heterocycles. The maximum absolute atomic E-state index is 6.19. The maximum atomic E-state index is 6.19. The molecule has 1 saturated carbocycles. The lowest BCUT2D eigenvalue weighted by Crippen LogP contribution is -2.42.